The summed E-state index contributed by atoms with van der Waals surface area (Å²) in [6, 6.07) is 18.2. The lowest BCUT2D eigenvalue weighted by Gasteiger charge is -2.45. The molecule has 1 unspecified atom stereocenters. The highest BCUT2D eigenvalue weighted by atomic mass is 16.6. The second-order valence-electron chi connectivity index (χ2n) is 11.1. The molecule has 2 fully saturated rings. The van der Waals surface area contributed by atoms with Crippen molar-refractivity contribution in [2.75, 3.05) is 20.2 Å². The van der Waals surface area contributed by atoms with Crippen molar-refractivity contribution in [3.63, 3.8) is 0 Å². The number of hydrogen-bond acceptors (Lipinski definition) is 5. The highest BCUT2D eigenvalue weighted by molar-refractivity contribution is 5.89. The highest BCUT2D eigenvalue weighted by Crippen LogP contribution is 2.48. The van der Waals surface area contributed by atoms with Gasteiger partial charge in [0.05, 0.1) is 12.7 Å². The van der Waals surface area contributed by atoms with Crippen molar-refractivity contribution < 1.29 is 19.1 Å². The van der Waals surface area contributed by atoms with Crippen LogP contribution in [0.4, 0.5) is 4.79 Å². The lowest BCUT2D eigenvalue weighted by Crippen LogP contribution is -2.51. The van der Waals surface area contributed by atoms with Crippen molar-refractivity contribution in [2.24, 2.45) is 5.41 Å². The van der Waals surface area contributed by atoms with E-state index in [4.69, 9.17) is 9.47 Å². The lowest BCUT2D eigenvalue weighted by atomic mass is 9.68. The normalized spacial score (nSPS) is 20.5. The molecule has 6 nitrogen and oxygen atoms in total. The summed E-state index contributed by atoms with van der Waals surface area (Å²) in [6.45, 7) is 8.05. The van der Waals surface area contributed by atoms with Gasteiger partial charge in [-0.05, 0) is 63.3 Å². The van der Waals surface area contributed by atoms with Crippen LogP contribution in [0.5, 0.6) is 0 Å². The van der Waals surface area contributed by atoms with Crippen LogP contribution in [0.1, 0.15) is 73.9 Å². The molecule has 0 aromatic heterocycles. The topological polar surface area (TPSA) is 67.9 Å². The first kappa shape index (κ1) is 25.2. The van der Waals surface area contributed by atoms with Gasteiger partial charge in [0.15, 0.2) is 0 Å². The van der Waals surface area contributed by atoms with Gasteiger partial charge in [0.25, 0.3) is 0 Å². The number of carbonyl (C=O) groups excluding carboxylic acids is 2. The quantitative estimate of drug-likeness (QED) is 0.480. The fraction of sp³-hybridized carbons (Fsp3) is 0.517. The van der Waals surface area contributed by atoms with Crippen molar-refractivity contribution >= 4 is 12.1 Å². The third-order valence-corrected chi connectivity index (χ3v) is 7.14. The number of methoxy groups -OCH3 is 1. The first-order valence-electron chi connectivity index (χ1n) is 12.6. The third-order valence-electron chi connectivity index (χ3n) is 7.14. The average molecular weight is 479 g/mol. The zero-order valence-electron chi connectivity index (χ0n) is 21.4. The van der Waals surface area contributed by atoms with Crippen LogP contribution in [0.25, 0.3) is 0 Å². The van der Waals surface area contributed by atoms with Gasteiger partial charge in [0, 0.05) is 37.0 Å². The number of nitrogens with one attached hydrogen (secondary N) is 1. The van der Waals surface area contributed by atoms with Crippen molar-refractivity contribution in [3.8, 4) is 0 Å². The van der Waals surface area contributed by atoms with E-state index in [0.717, 1.165) is 31.4 Å². The molecule has 188 valence electrons. The molecule has 1 amide bonds. The molecule has 6 heteroatoms. The molecule has 2 aromatic rings. The Hall–Kier alpha value is -2.86. The minimum absolute atomic E-state index is 0.0622. The third kappa shape index (κ3) is 6.43. The van der Waals surface area contributed by atoms with E-state index in [1.165, 1.54) is 19.1 Å². The molecule has 2 saturated carbocycles. The monoisotopic (exact) mass is 478 g/mol. The first-order chi connectivity index (χ1) is 16.7. The summed E-state index contributed by atoms with van der Waals surface area (Å²) in [4.78, 5) is 27.0. The van der Waals surface area contributed by atoms with Crippen molar-refractivity contribution in [1.29, 1.82) is 0 Å². The lowest BCUT2D eigenvalue weighted by molar-refractivity contribution is 0.00103. The van der Waals surface area contributed by atoms with Gasteiger partial charge >= 0.3 is 12.1 Å². The molecule has 1 N–H and O–H groups in total. The zero-order chi connectivity index (χ0) is 25.1. The van der Waals surface area contributed by atoms with Crippen LogP contribution >= 0.6 is 0 Å². The molecule has 0 heterocycles. The second kappa shape index (κ2) is 10.4. The second-order valence-corrected chi connectivity index (χ2v) is 11.1. The molecular weight excluding hydrogens is 440 g/mol. The van der Waals surface area contributed by atoms with Gasteiger partial charge in [-0.25, -0.2) is 9.59 Å². The molecule has 0 spiro atoms. The molecule has 2 aliphatic carbocycles. The van der Waals surface area contributed by atoms with Crippen LogP contribution in [-0.4, -0.2) is 48.8 Å². The van der Waals surface area contributed by atoms with Crippen molar-refractivity contribution in [1.82, 2.24) is 10.2 Å². The number of esters is 1. The predicted octanol–water partition coefficient (Wildman–Crippen LogP) is 5.53. The summed E-state index contributed by atoms with van der Waals surface area (Å²) in [5.74, 6) is 0.0520. The van der Waals surface area contributed by atoms with E-state index < -0.39 is 5.60 Å². The number of hydrogen-bond donors (Lipinski definition) is 1. The predicted molar refractivity (Wildman–Crippen MR) is 136 cm³/mol. The summed E-state index contributed by atoms with van der Waals surface area (Å²) in [5.41, 5.74) is 2.50. The van der Waals surface area contributed by atoms with Crippen LogP contribution in [0.15, 0.2) is 54.6 Å². The Morgan fingerprint density at radius 1 is 1.06 bits per heavy atom. The van der Waals surface area contributed by atoms with E-state index in [1.807, 2.05) is 43.9 Å². The molecule has 2 aliphatic rings. The first-order valence-corrected chi connectivity index (χ1v) is 12.6. The number of ether oxygens (including phenoxy) is 2. The van der Waals surface area contributed by atoms with Crippen molar-refractivity contribution in [2.45, 2.75) is 70.6 Å². The Morgan fingerprint density at radius 2 is 1.74 bits per heavy atom. The fourth-order valence-electron chi connectivity index (χ4n) is 5.00. The van der Waals surface area contributed by atoms with Crippen molar-refractivity contribution in [3.05, 3.63) is 71.3 Å². The summed E-state index contributed by atoms with van der Waals surface area (Å²) in [7, 11) is 1.39. The molecule has 0 saturated heterocycles. The smallest absolute Gasteiger partial charge is 0.410 e. The molecule has 4 rings (SSSR count). The van der Waals surface area contributed by atoms with Crippen LogP contribution < -0.4 is 5.32 Å². The molecule has 35 heavy (non-hydrogen) atoms. The van der Waals surface area contributed by atoms with E-state index in [0.29, 0.717) is 24.6 Å². The Bertz CT molecular complexity index is 1010. The maximum Gasteiger partial charge on any atom is 0.410 e. The van der Waals surface area contributed by atoms with Crippen LogP contribution in [0.2, 0.25) is 0 Å². The molecule has 2 atom stereocenters. The summed E-state index contributed by atoms with van der Waals surface area (Å²) in [6.07, 6.45) is 4.17. The van der Waals surface area contributed by atoms with E-state index in [9.17, 15) is 9.59 Å². The minimum atomic E-state index is -0.520. The average Bonchev–Trinajstić information content (AvgIpc) is 3.60. The number of amides is 1. The van der Waals surface area contributed by atoms with E-state index in [2.05, 4.69) is 29.6 Å². The number of benzene rings is 2. The van der Waals surface area contributed by atoms with Gasteiger partial charge in [0.2, 0.25) is 0 Å². The molecule has 2 aromatic carbocycles. The van der Waals surface area contributed by atoms with E-state index in [-0.39, 0.29) is 23.5 Å². The Kier molecular flexibility index (Phi) is 7.50. The van der Waals surface area contributed by atoms with E-state index >= 15 is 0 Å². The van der Waals surface area contributed by atoms with Crippen LogP contribution in [0.3, 0.4) is 0 Å². The Morgan fingerprint density at radius 3 is 2.31 bits per heavy atom. The SMILES string of the molecule is COC(=O)c1ccc(CNCC2(CN(C(=O)OC(C)(C)C)[C@H]3CC3c3ccccc3)CCC2)cc1. The van der Waals surface area contributed by atoms with Gasteiger partial charge in [-0.1, -0.05) is 48.9 Å². The van der Waals surface area contributed by atoms with Crippen LogP contribution in [0, 0.1) is 5.41 Å². The van der Waals surface area contributed by atoms with Crippen LogP contribution in [-0.2, 0) is 16.0 Å². The Labute approximate surface area is 209 Å². The van der Waals surface area contributed by atoms with Gasteiger partial charge in [-0.2, -0.15) is 0 Å². The van der Waals surface area contributed by atoms with E-state index in [1.54, 1.807) is 12.1 Å². The van der Waals surface area contributed by atoms with Gasteiger partial charge in [-0.3, -0.25) is 0 Å². The molecule has 0 radical (unpaired) electrons. The standard InChI is InChI=1S/C29H38N2O4/c1-28(2,3)35-27(33)31(25-17-24(25)22-9-6-5-7-10-22)20-29(15-8-16-29)19-30-18-21-11-13-23(14-12-21)26(32)34-4/h5-7,9-14,24-25,30H,8,15-20H2,1-4H3/t24?,25-/m0/s1. The number of rotatable bonds is 9. The maximum absolute atomic E-state index is 13.3. The molecular formula is C29H38N2O4. The largest absolute Gasteiger partial charge is 0.465 e. The molecule has 0 aliphatic heterocycles. The number of carbonyl (C=O) groups is 2. The molecule has 0 bridgehead atoms. The maximum atomic E-state index is 13.3. The minimum Gasteiger partial charge on any atom is -0.465 e. The zero-order valence-corrected chi connectivity index (χ0v) is 21.4. The number of nitrogens with zero attached hydrogens (tertiary/aromatic N) is 1. The highest BCUT2D eigenvalue weighted by Gasteiger charge is 2.49. The Balaban J connectivity index is 1.40. The van der Waals surface area contributed by atoms with Gasteiger partial charge < -0.3 is 19.7 Å². The summed E-state index contributed by atoms with van der Waals surface area (Å²) >= 11 is 0. The van der Waals surface area contributed by atoms with Gasteiger partial charge in [0.1, 0.15) is 5.60 Å². The van der Waals surface area contributed by atoms with Gasteiger partial charge in [-0.15, -0.1) is 0 Å². The summed E-state index contributed by atoms with van der Waals surface area (Å²) in [5, 5.41) is 3.61. The summed E-state index contributed by atoms with van der Waals surface area (Å²) < 4.78 is 10.6. The fourth-order valence-corrected chi connectivity index (χ4v) is 5.00.